The first-order valence-electron chi connectivity index (χ1n) is 7.78. The number of esters is 1. The molecule has 9 heteroatoms. The summed E-state index contributed by atoms with van der Waals surface area (Å²) in [7, 11) is 1.32. The van der Waals surface area contributed by atoms with E-state index in [0.717, 1.165) is 29.7 Å². The number of thiophene rings is 1. The minimum absolute atomic E-state index is 0.0723. The molecule has 2 aromatic rings. The smallest absolute Gasteiger partial charge is 0.341 e. The van der Waals surface area contributed by atoms with Crippen LogP contribution in [0.15, 0.2) is 12.4 Å². The quantitative estimate of drug-likeness (QED) is 0.759. The second-order valence-corrected chi connectivity index (χ2v) is 6.75. The number of aromatic nitrogens is 2. The molecule has 0 saturated heterocycles. The van der Waals surface area contributed by atoms with E-state index < -0.39 is 11.9 Å². The summed E-state index contributed by atoms with van der Waals surface area (Å²) in [4.78, 5) is 36.2. The average molecular weight is 363 g/mol. The van der Waals surface area contributed by atoms with Gasteiger partial charge in [-0.05, 0) is 24.8 Å². The zero-order chi connectivity index (χ0) is 18.0. The van der Waals surface area contributed by atoms with Crippen molar-refractivity contribution >= 4 is 34.2 Å². The first kappa shape index (κ1) is 17.2. The Morgan fingerprint density at radius 3 is 2.88 bits per heavy atom. The van der Waals surface area contributed by atoms with Crippen LogP contribution in [0.2, 0.25) is 0 Å². The molecule has 1 aliphatic carbocycles. The summed E-state index contributed by atoms with van der Waals surface area (Å²) < 4.78 is 6.24. The van der Waals surface area contributed by atoms with E-state index in [9.17, 15) is 14.4 Å². The summed E-state index contributed by atoms with van der Waals surface area (Å²) >= 11 is 1.42. The Morgan fingerprint density at radius 2 is 2.20 bits per heavy atom. The molecule has 0 aliphatic heterocycles. The monoisotopic (exact) mass is 363 g/mol. The Balaban J connectivity index is 1.66. The second kappa shape index (κ2) is 7.06. The molecule has 0 radical (unpaired) electrons. The fourth-order valence-corrected chi connectivity index (χ4v) is 4.11. The maximum atomic E-state index is 12.2. The van der Waals surface area contributed by atoms with Crippen LogP contribution in [0, 0.1) is 0 Å². The highest BCUT2D eigenvalue weighted by molar-refractivity contribution is 7.17. The molecule has 0 unspecified atom stereocenters. The number of nitrogens with zero attached hydrogens (tertiary/aromatic N) is 2. The van der Waals surface area contributed by atoms with Gasteiger partial charge >= 0.3 is 11.9 Å². The van der Waals surface area contributed by atoms with Crippen LogP contribution in [0.5, 0.6) is 0 Å². The van der Waals surface area contributed by atoms with Crippen molar-refractivity contribution in [3.05, 3.63) is 34.0 Å². The van der Waals surface area contributed by atoms with E-state index >= 15 is 0 Å². The fraction of sp³-hybridized carbons (Fsp3) is 0.375. The minimum atomic E-state index is -1.06. The SMILES string of the molecule is COC(=O)c1c(NC(=O)CCn2cc(C(=O)O)cn2)sc2c1CCC2. The third-order valence-electron chi connectivity index (χ3n) is 4.01. The van der Waals surface area contributed by atoms with Crippen LogP contribution in [0.1, 0.15) is 44.0 Å². The number of hydrogen-bond donors (Lipinski definition) is 2. The van der Waals surface area contributed by atoms with Crippen LogP contribution in [-0.4, -0.2) is 39.8 Å². The van der Waals surface area contributed by atoms with Crippen molar-refractivity contribution in [3.8, 4) is 0 Å². The number of amides is 1. The molecule has 2 aromatic heterocycles. The van der Waals surface area contributed by atoms with E-state index in [1.54, 1.807) is 0 Å². The molecule has 0 bridgehead atoms. The van der Waals surface area contributed by atoms with Gasteiger partial charge in [0.25, 0.3) is 0 Å². The number of anilines is 1. The number of aromatic carboxylic acids is 1. The van der Waals surface area contributed by atoms with Crippen LogP contribution < -0.4 is 5.32 Å². The number of carbonyl (C=O) groups excluding carboxylic acids is 2. The Kier molecular flexibility index (Phi) is 4.84. The Bertz CT molecular complexity index is 839. The first-order valence-corrected chi connectivity index (χ1v) is 8.59. The maximum absolute atomic E-state index is 12.2. The van der Waals surface area contributed by atoms with E-state index in [4.69, 9.17) is 9.84 Å². The summed E-state index contributed by atoms with van der Waals surface area (Å²) in [6.45, 7) is 0.248. The number of nitrogens with one attached hydrogen (secondary N) is 1. The van der Waals surface area contributed by atoms with E-state index in [2.05, 4.69) is 10.4 Å². The molecular weight excluding hydrogens is 346 g/mol. The molecule has 1 amide bonds. The summed E-state index contributed by atoms with van der Waals surface area (Å²) in [5, 5.41) is 16.1. The average Bonchev–Trinajstić information content (AvgIpc) is 3.27. The van der Waals surface area contributed by atoms with Gasteiger partial charge in [-0.1, -0.05) is 0 Å². The van der Waals surface area contributed by atoms with Crippen molar-refractivity contribution in [2.24, 2.45) is 0 Å². The summed E-state index contributed by atoms with van der Waals surface area (Å²) in [5.41, 5.74) is 1.51. The van der Waals surface area contributed by atoms with Crippen molar-refractivity contribution in [2.75, 3.05) is 12.4 Å². The molecule has 0 spiro atoms. The fourth-order valence-electron chi connectivity index (χ4n) is 2.81. The number of carbonyl (C=O) groups is 3. The summed E-state index contributed by atoms with van der Waals surface area (Å²) in [6.07, 6.45) is 5.45. The molecule has 132 valence electrons. The molecule has 25 heavy (non-hydrogen) atoms. The second-order valence-electron chi connectivity index (χ2n) is 5.65. The predicted molar refractivity (Wildman–Crippen MR) is 90.1 cm³/mol. The predicted octanol–water partition coefficient (Wildman–Crippen LogP) is 1.95. The number of hydrogen-bond acceptors (Lipinski definition) is 6. The lowest BCUT2D eigenvalue weighted by atomic mass is 10.1. The van der Waals surface area contributed by atoms with Gasteiger partial charge in [0.15, 0.2) is 0 Å². The van der Waals surface area contributed by atoms with E-state index in [1.807, 2.05) is 0 Å². The molecule has 1 aliphatic rings. The highest BCUT2D eigenvalue weighted by Gasteiger charge is 2.27. The molecule has 0 aromatic carbocycles. The highest BCUT2D eigenvalue weighted by Crippen LogP contribution is 2.39. The van der Waals surface area contributed by atoms with Gasteiger partial charge in [-0.2, -0.15) is 5.10 Å². The van der Waals surface area contributed by atoms with Crippen LogP contribution >= 0.6 is 11.3 Å². The Labute approximate surface area is 147 Å². The largest absolute Gasteiger partial charge is 0.478 e. The van der Waals surface area contributed by atoms with E-state index in [1.165, 1.54) is 35.5 Å². The molecule has 2 N–H and O–H groups in total. The normalized spacial score (nSPS) is 12.7. The lowest BCUT2D eigenvalue weighted by Gasteiger charge is -2.07. The van der Waals surface area contributed by atoms with Crippen molar-refractivity contribution in [1.82, 2.24) is 9.78 Å². The van der Waals surface area contributed by atoms with Gasteiger partial charge in [0, 0.05) is 24.0 Å². The lowest BCUT2D eigenvalue weighted by molar-refractivity contribution is -0.116. The maximum Gasteiger partial charge on any atom is 0.341 e. The number of fused-ring (bicyclic) bond motifs is 1. The number of methoxy groups -OCH3 is 1. The highest BCUT2D eigenvalue weighted by atomic mass is 32.1. The zero-order valence-electron chi connectivity index (χ0n) is 13.6. The molecular formula is C16H17N3O5S. The summed E-state index contributed by atoms with van der Waals surface area (Å²) in [5.74, 6) is -1.77. The molecule has 2 heterocycles. The summed E-state index contributed by atoms with van der Waals surface area (Å²) in [6, 6.07) is 0. The van der Waals surface area contributed by atoms with E-state index in [0.29, 0.717) is 10.6 Å². The topological polar surface area (TPSA) is 111 Å². The molecule has 0 saturated carbocycles. The first-order chi connectivity index (χ1) is 12.0. The van der Waals surface area contributed by atoms with Gasteiger partial charge in [-0.25, -0.2) is 9.59 Å². The van der Waals surface area contributed by atoms with Crippen molar-refractivity contribution < 1.29 is 24.2 Å². The number of carboxylic acids is 1. The van der Waals surface area contributed by atoms with Crippen molar-refractivity contribution in [1.29, 1.82) is 0 Å². The number of rotatable bonds is 6. The van der Waals surface area contributed by atoms with E-state index in [-0.39, 0.29) is 24.4 Å². The molecule has 8 nitrogen and oxygen atoms in total. The van der Waals surface area contributed by atoms with Gasteiger partial charge in [-0.3, -0.25) is 9.48 Å². The van der Waals surface area contributed by atoms with Gasteiger partial charge in [0.1, 0.15) is 5.00 Å². The third-order valence-corrected chi connectivity index (χ3v) is 5.22. The van der Waals surface area contributed by atoms with Gasteiger partial charge < -0.3 is 15.2 Å². The van der Waals surface area contributed by atoms with Crippen molar-refractivity contribution in [2.45, 2.75) is 32.2 Å². The molecule has 0 fully saturated rings. The van der Waals surface area contributed by atoms with Crippen LogP contribution in [0.25, 0.3) is 0 Å². The van der Waals surface area contributed by atoms with Crippen LogP contribution in [-0.2, 0) is 28.9 Å². The van der Waals surface area contributed by atoms with Gasteiger partial charge in [0.2, 0.25) is 5.91 Å². The lowest BCUT2D eigenvalue weighted by Crippen LogP contribution is -2.16. The Hall–Kier alpha value is -2.68. The molecule has 3 rings (SSSR count). The third kappa shape index (κ3) is 3.55. The standard InChI is InChI=1S/C16H17N3O5S/c1-24-16(23)13-10-3-2-4-11(10)25-14(13)18-12(20)5-6-19-8-9(7-17-19)15(21)22/h7-8H,2-6H2,1H3,(H,18,20)(H,21,22). The molecule has 0 atom stereocenters. The van der Waals surface area contributed by atoms with Crippen molar-refractivity contribution in [3.63, 3.8) is 0 Å². The number of carboxylic acid groups (broad SMARTS) is 1. The van der Waals surface area contributed by atoms with Crippen LogP contribution in [0.3, 0.4) is 0 Å². The Morgan fingerprint density at radius 1 is 1.40 bits per heavy atom. The van der Waals surface area contributed by atoms with Gasteiger partial charge in [-0.15, -0.1) is 11.3 Å². The van der Waals surface area contributed by atoms with Gasteiger partial charge in [0.05, 0.1) is 24.4 Å². The number of aryl methyl sites for hydroxylation is 2. The minimum Gasteiger partial charge on any atom is -0.478 e. The number of ether oxygens (including phenoxy) is 1. The van der Waals surface area contributed by atoms with Crippen LogP contribution in [0.4, 0.5) is 5.00 Å². The zero-order valence-corrected chi connectivity index (χ0v) is 14.4.